The predicted molar refractivity (Wildman–Crippen MR) is 87.1 cm³/mol. The third-order valence-corrected chi connectivity index (χ3v) is 4.20. The minimum Gasteiger partial charge on any atom is -0.441 e. The molecule has 0 radical (unpaired) electrons. The first-order chi connectivity index (χ1) is 11.0. The van der Waals surface area contributed by atoms with Crippen LogP contribution in [0.2, 0.25) is 0 Å². The van der Waals surface area contributed by atoms with Gasteiger partial charge >= 0.3 is 0 Å². The van der Waals surface area contributed by atoms with E-state index in [1.165, 1.54) is 5.56 Å². The van der Waals surface area contributed by atoms with Crippen molar-refractivity contribution in [2.24, 2.45) is 0 Å². The summed E-state index contributed by atoms with van der Waals surface area (Å²) in [7, 11) is 0. The fraction of sp³-hybridized carbons (Fsp3) is 0.444. The molecule has 2 heterocycles. The Morgan fingerprint density at radius 3 is 2.74 bits per heavy atom. The summed E-state index contributed by atoms with van der Waals surface area (Å²) < 4.78 is 11.1. The maximum Gasteiger partial charge on any atom is 0.229 e. The Morgan fingerprint density at radius 2 is 2.04 bits per heavy atom. The lowest BCUT2D eigenvalue weighted by molar-refractivity contribution is -0.138. The summed E-state index contributed by atoms with van der Waals surface area (Å²) >= 11 is 0. The SMILES string of the molecule is Cc1ccc(-c2nc(CC(=O)N3CCOCC3C)c(C)o2)cc1. The van der Waals surface area contributed by atoms with Crippen molar-refractivity contribution in [2.45, 2.75) is 33.2 Å². The van der Waals surface area contributed by atoms with Crippen LogP contribution in [0.1, 0.15) is 23.9 Å². The highest BCUT2D eigenvalue weighted by Gasteiger charge is 2.25. The number of aromatic nitrogens is 1. The summed E-state index contributed by atoms with van der Waals surface area (Å²) in [5.41, 5.74) is 2.83. The monoisotopic (exact) mass is 314 g/mol. The van der Waals surface area contributed by atoms with Gasteiger partial charge in [0.2, 0.25) is 11.8 Å². The number of aryl methyl sites for hydroxylation is 2. The minimum absolute atomic E-state index is 0.0765. The van der Waals surface area contributed by atoms with Crippen molar-refractivity contribution in [3.63, 3.8) is 0 Å². The van der Waals surface area contributed by atoms with Gasteiger partial charge in [-0.25, -0.2) is 4.98 Å². The Morgan fingerprint density at radius 1 is 1.30 bits per heavy atom. The quantitative estimate of drug-likeness (QED) is 0.874. The van der Waals surface area contributed by atoms with Gasteiger partial charge in [0.1, 0.15) is 5.76 Å². The van der Waals surface area contributed by atoms with E-state index in [0.29, 0.717) is 37.1 Å². The number of hydrogen-bond acceptors (Lipinski definition) is 4. The number of benzene rings is 1. The molecule has 1 aliphatic heterocycles. The van der Waals surface area contributed by atoms with Crippen molar-refractivity contribution in [1.29, 1.82) is 0 Å². The van der Waals surface area contributed by atoms with Crippen LogP contribution in [-0.4, -0.2) is 41.6 Å². The summed E-state index contributed by atoms with van der Waals surface area (Å²) in [6, 6.07) is 8.12. The summed E-state index contributed by atoms with van der Waals surface area (Å²) in [6.45, 7) is 7.74. The van der Waals surface area contributed by atoms with Crippen LogP contribution in [0.4, 0.5) is 0 Å². The summed E-state index contributed by atoms with van der Waals surface area (Å²) in [5.74, 6) is 1.35. The van der Waals surface area contributed by atoms with Crippen LogP contribution in [0.5, 0.6) is 0 Å². The molecule has 5 heteroatoms. The third kappa shape index (κ3) is 3.45. The lowest BCUT2D eigenvalue weighted by Crippen LogP contribution is -2.47. The average Bonchev–Trinajstić information content (AvgIpc) is 2.89. The molecule has 0 aliphatic carbocycles. The van der Waals surface area contributed by atoms with E-state index in [0.717, 1.165) is 5.56 Å². The molecule has 5 nitrogen and oxygen atoms in total. The van der Waals surface area contributed by atoms with Gasteiger partial charge in [0.15, 0.2) is 0 Å². The van der Waals surface area contributed by atoms with Gasteiger partial charge in [-0.05, 0) is 32.9 Å². The number of morpholine rings is 1. The molecule has 23 heavy (non-hydrogen) atoms. The van der Waals surface area contributed by atoms with Crippen LogP contribution in [0.25, 0.3) is 11.5 Å². The molecule has 1 fully saturated rings. The van der Waals surface area contributed by atoms with E-state index in [1.54, 1.807) is 0 Å². The number of carbonyl (C=O) groups is 1. The molecule has 0 bridgehead atoms. The normalized spacial score (nSPS) is 18.2. The van der Waals surface area contributed by atoms with Gasteiger partial charge in [0.25, 0.3) is 0 Å². The molecule has 2 aromatic rings. The second-order valence-corrected chi connectivity index (χ2v) is 6.08. The first-order valence-corrected chi connectivity index (χ1v) is 7.95. The van der Waals surface area contributed by atoms with Crippen LogP contribution in [-0.2, 0) is 16.0 Å². The van der Waals surface area contributed by atoms with Gasteiger partial charge in [-0.15, -0.1) is 0 Å². The number of oxazole rings is 1. The van der Waals surface area contributed by atoms with E-state index in [2.05, 4.69) is 4.98 Å². The van der Waals surface area contributed by atoms with Gasteiger partial charge in [-0.3, -0.25) is 4.79 Å². The first-order valence-electron chi connectivity index (χ1n) is 7.95. The Hall–Kier alpha value is -2.14. The van der Waals surface area contributed by atoms with Crippen molar-refractivity contribution in [2.75, 3.05) is 19.8 Å². The third-order valence-electron chi connectivity index (χ3n) is 4.20. The van der Waals surface area contributed by atoms with Crippen LogP contribution in [0.15, 0.2) is 28.7 Å². The topological polar surface area (TPSA) is 55.6 Å². The molecule has 0 spiro atoms. The molecule has 1 amide bonds. The molecule has 122 valence electrons. The van der Waals surface area contributed by atoms with Gasteiger partial charge < -0.3 is 14.1 Å². The molecule has 1 aromatic carbocycles. The second-order valence-electron chi connectivity index (χ2n) is 6.08. The second kappa shape index (κ2) is 6.54. The minimum atomic E-state index is 0.0765. The van der Waals surface area contributed by atoms with Crippen molar-refractivity contribution in [3.8, 4) is 11.5 Å². The number of ether oxygens (including phenoxy) is 1. The zero-order valence-corrected chi connectivity index (χ0v) is 13.8. The molecule has 0 saturated carbocycles. The van der Waals surface area contributed by atoms with Gasteiger partial charge in [-0.2, -0.15) is 0 Å². The van der Waals surface area contributed by atoms with E-state index >= 15 is 0 Å². The fourth-order valence-corrected chi connectivity index (χ4v) is 2.75. The largest absolute Gasteiger partial charge is 0.441 e. The molecular formula is C18H22N2O3. The summed E-state index contributed by atoms with van der Waals surface area (Å²) in [5, 5.41) is 0. The molecule has 1 atom stereocenters. The van der Waals surface area contributed by atoms with E-state index in [-0.39, 0.29) is 18.4 Å². The molecule has 3 rings (SSSR count). The maximum absolute atomic E-state index is 12.5. The lowest BCUT2D eigenvalue weighted by Gasteiger charge is -2.33. The fourth-order valence-electron chi connectivity index (χ4n) is 2.75. The molecule has 1 aliphatic rings. The van der Waals surface area contributed by atoms with Crippen molar-refractivity contribution < 1.29 is 13.9 Å². The van der Waals surface area contributed by atoms with E-state index in [1.807, 2.05) is 49.9 Å². The number of carbonyl (C=O) groups excluding carboxylic acids is 1. The van der Waals surface area contributed by atoms with Crippen LogP contribution in [0, 0.1) is 13.8 Å². The van der Waals surface area contributed by atoms with Crippen LogP contribution < -0.4 is 0 Å². The zero-order chi connectivity index (χ0) is 16.4. The molecule has 0 N–H and O–H groups in total. The van der Waals surface area contributed by atoms with Crippen molar-refractivity contribution in [1.82, 2.24) is 9.88 Å². The van der Waals surface area contributed by atoms with E-state index in [4.69, 9.17) is 9.15 Å². The highest BCUT2D eigenvalue weighted by Crippen LogP contribution is 2.23. The summed E-state index contributed by atoms with van der Waals surface area (Å²) in [6.07, 6.45) is 0.269. The number of amides is 1. The average molecular weight is 314 g/mol. The first kappa shape index (κ1) is 15.7. The summed E-state index contributed by atoms with van der Waals surface area (Å²) in [4.78, 5) is 18.9. The highest BCUT2D eigenvalue weighted by molar-refractivity contribution is 5.79. The van der Waals surface area contributed by atoms with Gasteiger partial charge in [0, 0.05) is 12.1 Å². The highest BCUT2D eigenvalue weighted by atomic mass is 16.5. The Balaban J connectivity index is 1.76. The zero-order valence-electron chi connectivity index (χ0n) is 13.8. The number of rotatable bonds is 3. The van der Waals surface area contributed by atoms with Crippen LogP contribution >= 0.6 is 0 Å². The molecule has 1 saturated heterocycles. The predicted octanol–water partition coefficient (Wildman–Crippen LogP) is 2.75. The Bertz CT molecular complexity index is 691. The number of hydrogen-bond donors (Lipinski definition) is 0. The van der Waals surface area contributed by atoms with Gasteiger partial charge in [0.05, 0.1) is 31.4 Å². The van der Waals surface area contributed by atoms with E-state index < -0.39 is 0 Å². The van der Waals surface area contributed by atoms with E-state index in [9.17, 15) is 4.79 Å². The maximum atomic E-state index is 12.5. The number of nitrogens with zero attached hydrogens (tertiary/aromatic N) is 2. The molecule has 1 unspecified atom stereocenters. The molecule has 1 aromatic heterocycles. The Labute approximate surface area is 136 Å². The lowest BCUT2D eigenvalue weighted by atomic mass is 10.1. The molecular weight excluding hydrogens is 292 g/mol. The standard InChI is InChI=1S/C18H22N2O3/c1-12-4-6-15(7-5-12)18-19-16(14(3)23-18)10-17(21)20-8-9-22-11-13(20)2/h4-7,13H,8-11H2,1-3H3. The van der Waals surface area contributed by atoms with Crippen LogP contribution in [0.3, 0.4) is 0 Å². The smallest absolute Gasteiger partial charge is 0.229 e. The van der Waals surface area contributed by atoms with Crippen molar-refractivity contribution in [3.05, 3.63) is 41.3 Å². The Kier molecular flexibility index (Phi) is 4.48. The van der Waals surface area contributed by atoms with Crippen molar-refractivity contribution >= 4 is 5.91 Å². The van der Waals surface area contributed by atoms with Gasteiger partial charge in [-0.1, -0.05) is 17.7 Å².